The minimum absolute atomic E-state index is 0.103. The van der Waals surface area contributed by atoms with E-state index in [2.05, 4.69) is 10.6 Å². The molecule has 0 saturated heterocycles. The highest BCUT2D eigenvalue weighted by atomic mass is 16.2. The SMILES string of the molecule is CNC(=O)C(CCC=O)Nc1cccc(C)c1. The van der Waals surface area contributed by atoms with Crippen molar-refractivity contribution in [3.8, 4) is 0 Å². The zero-order valence-corrected chi connectivity index (χ0v) is 10.2. The molecule has 0 aliphatic heterocycles. The normalized spacial score (nSPS) is 11.6. The Hall–Kier alpha value is -1.84. The summed E-state index contributed by atoms with van der Waals surface area (Å²) < 4.78 is 0. The molecule has 1 aromatic carbocycles. The van der Waals surface area contributed by atoms with Crippen LogP contribution in [0.4, 0.5) is 5.69 Å². The number of carbonyl (C=O) groups excluding carboxylic acids is 2. The Labute approximate surface area is 101 Å². The van der Waals surface area contributed by atoms with Gasteiger partial charge in [0.15, 0.2) is 0 Å². The first kappa shape index (κ1) is 13.2. The highest BCUT2D eigenvalue weighted by Gasteiger charge is 2.16. The number of aldehydes is 1. The molecule has 1 rings (SSSR count). The standard InChI is InChI=1S/C13H18N2O2/c1-10-5-3-6-11(9-10)15-12(7-4-8-16)13(17)14-2/h3,5-6,8-9,12,15H,4,7H2,1-2H3,(H,14,17). The lowest BCUT2D eigenvalue weighted by Crippen LogP contribution is -2.37. The summed E-state index contributed by atoms with van der Waals surface area (Å²) in [5, 5.41) is 5.73. The van der Waals surface area contributed by atoms with Crippen molar-refractivity contribution >= 4 is 17.9 Å². The number of carbonyl (C=O) groups is 2. The fraction of sp³-hybridized carbons (Fsp3) is 0.385. The minimum atomic E-state index is -0.369. The van der Waals surface area contributed by atoms with Gasteiger partial charge in [0.05, 0.1) is 0 Å². The average Bonchev–Trinajstić information content (AvgIpc) is 2.33. The van der Waals surface area contributed by atoms with Crippen molar-refractivity contribution in [3.05, 3.63) is 29.8 Å². The van der Waals surface area contributed by atoms with Gasteiger partial charge in [-0.1, -0.05) is 12.1 Å². The lowest BCUT2D eigenvalue weighted by molar-refractivity contribution is -0.121. The molecule has 0 heterocycles. The molecule has 0 bridgehead atoms. The van der Waals surface area contributed by atoms with E-state index in [9.17, 15) is 9.59 Å². The molecular formula is C13H18N2O2. The molecular weight excluding hydrogens is 216 g/mol. The predicted octanol–water partition coefficient (Wildman–Crippen LogP) is 1.50. The molecule has 2 N–H and O–H groups in total. The second-order valence-corrected chi connectivity index (χ2v) is 3.92. The van der Waals surface area contributed by atoms with Crippen molar-refractivity contribution in [2.45, 2.75) is 25.8 Å². The smallest absolute Gasteiger partial charge is 0.242 e. The van der Waals surface area contributed by atoms with Crippen molar-refractivity contribution in [3.63, 3.8) is 0 Å². The van der Waals surface area contributed by atoms with Gasteiger partial charge in [0.25, 0.3) is 0 Å². The molecule has 0 spiro atoms. The van der Waals surface area contributed by atoms with Crippen LogP contribution in [0.25, 0.3) is 0 Å². The first-order valence-corrected chi connectivity index (χ1v) is 5.66. The van der Waals surface area contributed by atoms with E-state index in [0.29, 0.717) is 12.8 Å². The van der Waals surface area contributed by atoms with Crippen LogP contribution in [-0.4, -0.2) is 25.3 Å². The third kappa shape index (κ3) is 4.26. The summed E-state index contributed by atoms with van der Waals surface area (Å²) in [6.45, 7) is 1.99. The molecule has 17 heavy (non-hydrogen) atoms. The fourth-order valence-electron chi connectivity index (χ4n) is 1.61. The number of anilines is 1. The number of nitrogens with one attached hydrogen (secondary N) is 2. The second kappa shape index (κ2) is 6.68. The summed E-state index contributed by atoms with van der Waals surface area (Å²) in [5.74, 6) is -0.103. The monoisotopic (exact) mass is 234 g/mol. The number of amides is 1. The van der Waals surface area contributed by atoms with Crippen LogP contribution in [-0.2, 0) is 9.59 Å². The van der Waals surface area contributed by atoms with Crippen molar-refractivity contribution < 1.29 is 9.59 Å². The van der Waals surface area contributed by atoms with Crippen LogP contribution < -0.4 is 10.6 Å². The maximum Gasteiger partial charge on any atom is 0.242 e. The highest BCUT2D eigenvalue weighted by Crippen LogP contribution is 2.12. The molecule has 0 aromatic heterocycles. The summed E-state index contributed by atoms with van der Waals surface area (Å²) in [6, 6.07) is 7.43. The number of likely N-dealkylation sites (N-methyl/N-ethyl adjacent to an activating group) is 1. The Bertz CT molecular complexity index is 391. The largest absolute Gasteiger partial charge is 0.374 e. The molecule has 1 atom stereocenters. The van der Waals surface area contributed by atoms with Crippen LogP contribution in [0.5, 0.6) is 0 Å². The topological polar surface area (TPSA) is 58.2 Å². The number of rotatable bonds is 6. The van der Waals surface area contributed by atoms with Crippen LogP contribution in [0.3, 0.4) is 0 Å². The van der Waals surface area contributed by atoms with Crippen LogP contribution in [0, 0.1) is 6.92 Å². The number of aryl methyl sites for hydroxylation is 1. The van der Waals surface area contributed by atoms with E-state index >= 15 is 0 Å². The zero-order chi connectivity index (χ0) is 12.7. The number of hydrogen-bond donors (Lipinski definition) is 2. The van der Waals surface area contributed by atoms with E-state index in [1.165, 1.54) is 0 Å². The Morgan fingerprint density at radius 2 is 2.24 bits per heavy atom. The molecule has 0 radical (unpaired) electrons. The summed E-state index contributed by atoms with van der Waals surface area (Å²) in [5.41, 5.74) is 2.02. The third-order valence-electron chi connectivity index (χ3n) is 2.50. The molecule has 4 nitrogen and oxygen atoms in total. The van der Waals surface area contributed by atoms with Crippen LogP contribution in [0.1, 0.15) is 18.4 Å². The van der Waals surface area contributed by atoms with E-state index in [1.807, 2.05) is 31.2 Å². The van der Waals surface area contributed by atoms with Gasteiger partial charge < -0.3 is 15.4 Å². The third-order valence-corrected chi connectivity index (χ3v) is 2.50. The van der Waals surface area contributed by atoms with Crippen LogP contribution in [0.2, 0.25) is 0 Å². The van der Waals surface area contributed by atoms with Gasteiger partial charge in [-0.2, -0.15) is 0 Å². The molecule has 1 unspecified atom stereocenters. The maximum absolute atomic E-state index is 11.6. The van der Waals surface area contributed by atoms with Gasteiger partial charge in [0, 0.05) is 19.2 Å². The Morgan fingerprint density at radius 3 is 2.82 bits per heavy atom. The number of hydrogen-bond acceptors (Lipinski definition) is 3. The Kier molecular flexibility index (Phi) is 5.20. The van der Waals surface area contributed by atoms with Crippen molar-refractivity contribution in [1.82, 2.24) is 5.32 Å². The molecule has 0 aliphatic carbocycles. The molecule has 1 aromatic rings. The molecule has 0 aliphatic rings. The van der Waals surface area contributed by atoms with E-state index in [4.69, 9.17) is 0 Å². The van der Waals surface area contributed by atoms with Gasteiger partial charge in [-0.25, -0.2) is 0 Å². The zero-order valence-electron chi connectivity index (χ0n) is 10.2. The first-order chi connectivity index (χ1) is 8.17. The summed E-state index contributed by atoms with van der Waals surface area (Å²) in [4.78, 5) is 22.0. The Morgan fingerprint density at radius 1 is 1.47 bits per heavy atom. The van der Waals surface area contributed by atoms with E-state index < -0.39 is 0 Å². The molecule has 92 valence electrons. The van der Waals surface area contributed by atoms with Crippen molar-refractivity contribution in [2.75, 3.05) is 12.4 Å². The summed E-state index contributed by atoms with van der Waals surface area (Å²) in [7, 11) is 1.59. The van der Waals surface area contributed by atoms with Crippen LogP contribution >= 0.6 is 0 Å². The minimum Gasteiger partial charge on any atom is -0.374 e. The van der Waals surface area contributed by atoms with Gasteiger partial charge in [0.1, 0.15) is 12.3 Å². The highest BCUT2D eigenvalue weighted by molar-refractivity contribution is 5.84. The molecule has 1 amide bonds. The van der Waals surface area contributed by atoms with Gasteiger partial charge in [-0.05, 0) is 31.0 Å². The van der Waals surface area contributed by atoms with Gasteiger partial charge in [0.2, 0.25) is 5.91 Å². The van der Waals surface area contributed by atoms with Gasteiger partial charge in [-0.15, -0.1) is 0 Å². The molecule has 0 fully saturated rings. The van der Waals surface area contributed by atoms with Crippen LogP contribution in [0.15, 0.2) is 24.3 Å². The van der Waals surface area contributed by atoms with Crippen molar-refractivity contribution in [2.24, 2.45) is 0 Å². The lowest BCUT2D eigenvalue weighted by atomic mass is 10.1. The summed E-state index contributed by atoms with van der Waals surface area (Å²) in [6.07, 6.45) is 1.70. The summed E-state index contributed by atoms with van der Waals surface area (Å²) >= 11 is 0. The molecule has 4 heteroatoms. The average molecular weight is 234 g/mol. The van der Waals surface area contributed by atoms with Gasteiger partial charge in [-0.3, -0.25) is 4.79 Å². The van der Waals surface area contributed by atoms with E-state index in [0.717, 1.165) is 17.5 Å². The fourth-order valence-corrected chi connectivity index (χ4v) is 1.61. The Balaban J connectivity index is 2.71. The molecule has 0 saturated carbocycles. The lowest BCUT2D eigenvalue weighted by Gasteiger charge is -2.17. The second-order valence-electron chi connectivity index (χ2n) is 3.92. The number of benzene rings is 1. The first-order valence-electron chi connectivity index (χ1n) is 5.66. The predicted molar refractivity (Wildman–Crippen MR) is 68.0 cm³/mol. The maximum atomic E-state index is 11.6. The van der Waals surface area contributed by atoms with E-state index in [-0.39, 0.29) is 11.9 Å². The van der Waals surface area contributed by atoms with E-state index in [1.54, 1.807) is 7.05 Å². The quantitative estimate of drug-likeness (QED) is 0.733. The van der Waals surface area contributed by atoms with Crippen molar-refractivity contribution in [1.29, 1.82) is 0 Å². The van der Waals surface area contributed by atoms with Gasteiger partial charge >= 0.3 is 0 Å².